The summed E-state index contributed by atoms with van der Waals surface area (Å²) >= 11 is 3.47. The highest BCUT2D eigenvalue weighted by Crippen LogP contribution is 2.24. The minimum Gasteiger partial charge on any atom is -0.384 e. The number of nitrogen functional groups attached to an aromatic ring is 1. The van der Waals surface area contributed by atoms with Gasteiger partial charge in [0.2, 0.25) is 5.95 Å². The van der Waals surface area contributed by atoms with Crippen LogP contribution in [-0.4, -0.2) is 36.3 Å². The zero-order chi connectivity index (χ0) is 13.9. The molecule has 1 aliphatic heterocycles. The third-order valence-electron chi connectivity index (χ3n) is 3.15. The molecule has 0 bridgehead atoms. The first-order valence-electron chi connectivity index (χ1n) is 6.45. The third kappa shape index (κ3) is 2.91. The van der Waals surface area contributed by atoms with Gasteiger partial charge in [-0.05, 0) is 12.1 Å². The summed E-state index contributed by atoms with van der Waals surface area (Å²) in [5, 5.41) is 0. The van der Waals surface area contributed by atoms with Crippen LogP contribution in [0.5, 0.6) is 0 Å². The van der Waals surface area contributed by atoms with Crippen LogP contribution < -0.4 is 10.6 Å². The number of nitrogens with zero attached hydrogens (tertiary/aromatic N) is 3. The van der Waals surface area contributed by atoms with E-state index >= 15 is 0 Å². The Kier molecular flexibility index (Phi) is 3.84. The van der Waals surface area contributed by atoms with Crippen LogP contribution in [0.2, 0.25) is 0 Å². The van der Waals surface area contributed by atoms with E-state index in [-0.39, 0.29) is 0 Å². The Hall–Kier alpha value is -1.66. The van der Waals surface area contributed by atoms with Gasteiger partial charge in [0.15, 0.2) is 0 Å². The van der Waals surface area contributed by atoms with Crippen molar-refractivity contribution >= 4 is 27.7 Å². The molecule has 2 aromatic rings. The largest absolute Gasteiger partial charge is 0.384 e. The molecule has 1 aromatic heterocycles. The summed E-state index contributed by atoms with van der Waals surface area (Å²) in [6, 6.07) is 9.79. The molecular weight excluding hydrogens is 320 g/mol. The first kappa shape index (κ1) is 13.3. The highest BCUT2D eigenvalue weighted by Gasteiger charge is 2.15. The summed E-state index contributed by atoms with van der Waals surface area (Å²) in [7, 11) is 0. The van der Waals surface area contributed by atoms with E-state index in [0.29, 0.717) is 25.0 Å². The van der Waals surface area contributed by atoms with E-state index in [4.69, 9.17) is 10.5 Å². The Labute approximate surface area is 125 Å². The second-order valence-electron chi connectivity index (χ2n) is 4.59. The van der Waals surface area contributed by atoms with Crippen molar-refractivity contribution in [2.75, 3.05) is 36.9 Å². The van der Waals surface area contributed by atoms with Crippen molar-refractivity contribution in [1.29, 1.82) is 0 Å². The number of hydrogen-bond donors (Lipinski definition) is 1. The molecule has 1 aliphatic rings. The smallest absolute Gasteiger partial charge is 0.228 e. The number of benzene rings is 1. The van der Waals surface area contributed by atoms with Crippen molar-refractivity contribution in [2.24, 2.45) is 0 Å². The van der Waals surface area contributed by atoms with Gasteiger partial charge in [0.05, 0.1) is 18.9 Å². The summed E-state index contributed by atoms with van der Waals surface area (Å²) in [5.74, 6) is 1.15. The molecule has 0 amide bonds. The molecule has 0 spiro atoms. The highest BCUT2D eigenvalue weighted by molar-refractivity contribution is 9.10. The van der Waals surface area contributed by atoms with Gasteiger partial charge in [0.25, 0.3) is 0 Å². The first-order valence-corrected chi connectivity index (χ1v) is 7.25. The number of rotatable bonds is 2. The topological polar surface area (TPSA) is 64.3 Å². The summed E-state index contributed by atoms with van der Waals surface area (Å²) < 4.78 is 6.36. The molecule has 3 rings (SSSR count). The Balaban J connectivity index is 1.97. The Morgan fingerprint density at radius 1 is 1.15 bits per heavy atom. The number of aromatic nitrogens is 2. The van der Waals surface area contributed by atoms with Gasteiger partial charge in [-0.15, -0.1) is 0 Å². The lowest BCUT2D eigenvalue weighted by Gasteiger charge is -2.27. The molecule has 0 unspecified atom stereocenters. The van der Waals surface area contributed by atoms with Crippen LogP contribution >= 0.6 is 15.9 Å². The first-order chi connectivity index (χ1) is 9.72. The SMILES string of the molecule is Nc1cc(-c2cccc(Br)c2)nc(N2CCOCC2)n1. The normalized spacial score (nSPS) is 15.3. The Morgan fingerprint density at radius 2 is 1.95 bits per heavy atom. The van der Waals surface area contributed by atoms with Crippen molar-refractivity contribution in [1.82, 2.24) is 9.97 Å². The zero-order valence-corrected chi connectivity index (χ0v) is 12.5. The van der Waals surface area contributed by atoms with Crippen LogP contribution in [0.4, 0.5) is 11.8 Å². The fraction of sp³-hybridized carbons (Fsp3) is 0.286. The highest BCUT2D eigenvalue weighted by atomic mass is 79.9. The zero-order valence-electron chi connectivity index (χ0n) is 10.9. The van der Waals surface area contributed by atoms with Crippen molar-refractivity contribution in [3.05, 3.63) is 34.8 Å². The Morgan fingerprint density at radius 3 is 2.70 bits per heavy atom. The van der Waals surface area contributed by atoms with Gasteiger partial charge in [-0.2, -0.15) is 4.98 Å². The minimum absolute atomic E-state index is 0.483. The van der Waals surface area contributed by atoms with Crippen molar-refractivity contribution < 1.29 is 4.74 Å². The maximum Gasteiger partial charge on any atom is 0.228 e. The van der Waals surface area contributed by atoms with Gasteiger partial charge in [0, 0.05) is 29.2 Å². The molecular formula is C14H15BrN4O. The van der Waals surface area contributed by atoms with E-state index in [2.05, 4.69) is 30.8 Å². The van der Waals surface area contributed by atoms with Gasteiger partial charge in [-0.1, -0.05) is 28.1 Å². The average Bonchev–Trinajstić information content (AvgIpc) is 2.47. The molecule has 1 fully saturated rings. The molecule has 1 aromatic carbocycles. The second kappa shape index (κ2) is 5.76. The van der Waals surface area contributed by atoms with Crippen LogP contribution in [-0.2, 0) is 4.74 Å². The van der Waals surface area contributed by atoms with E-state index in [1.165, 1.54) is 0 Å². The van der Waals surface area contributed by atoms with Crippen LogP contribution in [0, 0.1) is 0 Å². The summed E-state index contributed by atoms with van der Waals surface area (Å²) in [6.07, 6.45) is 0. The number of hydrogen-bond acceptors (Lipinski definition) is 5. The standard InChI is InChI=1S/C14H15BrN4O/c15-11-3-1-2-10(8-11)12-9-13(16)18-14(17-12)19-4-6-20-7-5-19/h1-3,8-9H,4-7H2,(H2,16,17,18). The predicted molar refractivity (Wildman–Crippen MR) is 82.6 cm³/mol. The number of nitrogens with two attached hydrogens (primary N) is 1. The minimum atomic E-state index is 0.483. The molecule has 0 atom stereocenters. The molecule has 0 radical (unpaired) electrons. The van der Waals surface area contributed by atoms with Crippen LogP contribution in [0.1, 0.15) is 0 Å². The molecule has 0 aliphatic carbocycles. The van der Waals surface area contributed by atoms with Gasteiger partial charge in [-0.3, -0.25) is 0 Å². The third-order valence-corrected chi connectivity index (χ3v) is 3.64. The molecule has 2 heterocycles. The number of anilines is 2. The van der Waals surface area contributed by atoms with E-state index in [1.54, 1.807) is 6.07 Å². The lowest BCUT2D eigenvalue weighted by Crippen LogP contribution is -2.37. The molecule has 2 N–H and O–H groups in total. The van der Waals surface area contributed by atoms with Crippen LogP contribution in [0.15, 0.2) is 34.8 Å². The van der Waals surface area contributed by atoms with Gasteiger partial charge in [-0.25, -0.2) is 4.98 Å². The van der Waals surface area contributed by atoms with Gasteiger partial charge >= 0.3 is 0 Å². The molecule has 0 saturated carbocycles. The maximum absolute atomic E-state index is 5.92. The van der Waals surface area contributed by atoms with Gasteiger partial charge in [0.1, 0.15) is 5.82 Å². The van der Waals surface area contributed by atoms with Crippen molar-refractivity contribution in [2.45, 2.75) is 0 Å². The fourth-order valence-electron chi connectivity index (χ4n) is 2.15. The Bertz CT molecular complexity index is 614. The summed E-state index contributed by atoms with van der Waals surface area (Å²) in [6.45, 7) is 2.98. The lowest BCUT2D eigenvalue weighted by molar-refractivity contribution is 0.122. The number of halogens is 1. The number of ether oxygens (including phenoxy) is 1. The monoisotopic (exact) mass is 334 g/mol. The molecule has 6 heteroatoms. The predicted octanol–water partition coefficient (Wildman–Crippen LogP) is 2.32. The van der Waals surface area contributed by atoms with Crippen LogP contribution in [0.25, 0.3) is 11.3 Å². The van der Waals surface area contributed by atoms with E-state index in [0.717, 1.165) is 28.8 Å². The van der Waals surface area contributed by atoms with Crippen LogP contribution in [0.3, 0.4) is 0 Å². The lowest BCUT2D eigenvalue weighted by atomic mass is 10.1. The molecule has 104 valence electrons. The fourth-order valence-corrected chi connectivity index (χ4v) is 2.55. The number of morpholine rings is 1. The molecule has 5 nitrogen and oxygen atoms in total. The maximum atomic E-state index is 5.92. The molecule has 1 saturated heterocycles. The van der Waals surface area contributed by atoms with Crippen molar-refractivity contribution in [3.8, 4) is 11.3 Å². The van der Waals surface area contributed by atoms with E-state index in [9.17, 15) is 0 Å². The summed E-state index contributed by atoms with van der Waals surface area (Å²) in [4.78, 5) is 11.1. The van der Waals surface area contributed by atoms with Crippen molar-refractivity contribution in [3.63, 3.8) is 0 Å². The quantitative estimate of drug-likeness (QED) is 0.913. The average molecular weight is 335 g/mol. The van der Waals surface area contributed by atoms with E-state index in [1.807, 2.05) is 24.3 Å². The second-order valence-corrected chi connectivity index (χ2v) is 5.50. The summed E-state index contributed by atoms with van der Waals surface area (Å²) in [5.41, 5.74) is 7.77. The van der Waals surface area contributed by atoms with E-state index < -0.39 is 0 Å². The van der Waals surface area contributed by atoms with Gasteiger partial charge < -0.3 is 15.4 Å². The molecule has 20 heavy (non-hydrogen) atoms.